The minimum atomic E-state index is -0.795. The van der Waals surface area contributed by atoms with Gasteiger partial charge in [0, 0.05) is 25.3 Å². The zero-order chi connectivity index (χ0) is 19.4. The minimum Gasteiger partial charge on any atom is -0.481 e. The lowest BCUT2D eigenvalue weighted by atomic mass is 9.94. The van der Waals surface area contributed by atoms with Crippen LogP contribution in [0.1, 0.15) is 43.7 Å². The number of hydrogen-bond donors (Lipinski definition) is 4. The second-order valence-electron chi connectivity index (χ2n) is 7.36. The Balaban J connectivity index is 1.57. The molecule has 4 atom stereocenters. The molecule has 0 spiro atoms. The monoisotopic (exact) mass is 368 g/mol. The fourth-order valence-electron chi connectivity index (χ4n) is 3.31. The van der Waals surface area contributed by atoms with Crippen LogP contribution in [0.5, 0.6) is 0 Å². The van der Waals surface area contributed by atoms with Crippen molar-refractivity contribution in [3.63, 3.8) is 0 Å². The fraction of sp³-hybridized carbons (Fsp3) is 0.429. The molecule has 0 saturated heterocycles. The number of benzene rings is 1. The molecular formula is C21H28N4O2. The first-order valence-corrected chi connectivity index (χ1v) is 9.47. The molecule has 0 aliphatic carbocycles. The average Bonchev–Trinajstić information content (AvgIpc) is 2.70. The molecule has 1 aliphatic rings. The third-order valence-electron chi connectivity index (χ3n) is 5.34. The summed E-state index contributed by atoms with van der Waals surface area (Å²) >= 11 is 0. The molecule has 0 fully saturated rings. The van der Waals surface area contributed by atoms with E-state index in [0.29, 0.717) is 0 Å². The van der Waals surface area contributed by atoms with Gasteiger partial charge in [0.05, 0.1) is 17.6 Å². The first kappa shape index (κ1) is 19.2. The second kappa shape index (κ2) is 8.39. The summed E-state index contributed by atoms with van der Waals surface area (Å²) in [6.45, 7) is 7.71. The van der Waals surface area contributed by atoms with Crippen LogP contribution in [0.25, 0.3) is 0 Å². The van der Waals surface area contributed by atoms with Crippen molar-refractivity contribution in [3.8, 4) is 0 Å². The van der Waals surface area contributed by atoms with Crippen LogP contribution < -0.4 is 16.0 Å². The zero-order valence-corrected chi connectivity index (χ0v) is 16.1. The van der Waals surface area contributed by atoms with E-state index in [0.717, 1.165) is 35.7 Å². The Morgan fingerprint density at radius 1 is 1.26 bits per heavy atom. The highest BCUT2D eigenvalue weighted by Crippen LogP contribution is 2.24. The number of aliphatic carboxylic acids is 1. The van der Waals surface area contributed by atoms with E-state index >= 15 is 0 Å². The smallest absolute Gasteiger partial charge is 0.310 e. The van der Waals surface area contributed by atoms with Gasteiger partial charge in [0.1, 0.15) is 5.82 Å². The molecule has 27 heavy (non-hydrogen) atoms. The van der Waals surface area contributed by atoms with Gasteiger partial charge in [-0.1, -0.05) is 31.2 Å². The lowest BCUT2D eigenvalue weighted by molar-refractivity contribution is -0.138. The number of hydrogen-bond acceptors (Lipinski definition) is 5. The Labute approximate surface area is 160 Å². The molecule has 1 aliphatic heterocycles. The van der Waals surface area contributed by atoms with E-state index in [9.17, 15) is 9.90 Å². The van der Waals surface area contributed by atoms with Crippen molar-refractivity contribution in [2.75, 3.05) is 23.7 Å². The van der Waals surface area contributed by atoms with Gasteiger partial charge in [0.2, 0.25) is 0 Å². The van der Waals surface area contributed by atoms with Crippen molar-refractivity contribution in [2.45, 2.75) is 44.7 Å². The maximum absolute atomic E-state index is 11.2. The van der Waals surface area contributed by atoms with Gasteiger partial charge in [0.15, 0.2) is 0 Å². The molecule has 0 unspecified atom stereocenters. The standard InChI is InChI=1S/C21H28N4O2/c1-13(16-6-4-7-17(10-16)14(2)21(26)27)11-23-15(3)19-12-24-18-8-5-9-22-20(18)25-19/h4-10,13-15,19,23-24H,11-12H2,1-3H3,(H,22,25)(H,26,27)/t13-,14-,15-,19-/m1/s1. The van der Waals surface area contributed by atoms with Crippen molar-refractivity contribution >= 4 is 17.5 Å². The molecule has 144 valence electrons. The number of carboxylic acid groups (broad SMARTS) is 1. The number of rotatable bonds is 7. The Bertz CT molecular complexity index is 795. The van der Waals surface area contributed by atoms with E-state index in [2.05, 4.69) is 40.8 Å². The van der Waals surface area contributed by atoms with Crippen LogP contribution >= 0.6 is 0 Å². The van der Waals surface area contributed by atoms with Gasteiger partial charge < -0.3 is 21.1 Å². The molecule has 1 aromatic heterocycles. The summed E-state index contributed by atoms with van der Waals surface area (Å²) in [5, 5.41) is 19.7. The lowest BCUT2D eigenvalue weighted by Gasteiger charge is -2.32. The predicted octanol–water partition coefficient (Wildman–Crippen LogP) is 3.26. The van der Waals surface area contributed by atoms with Crippen molar-refractivity contribution in [2.24, 2.45) is 0 Å². The van der Waals surface area contributed by atoms with Crippen LogP contribution in [0.3, 0.4) is 0 Å². The SMILES string of the molecule is C[C@H](CN[C@H](C)[C@H]1CNc2cccnc2N1)c1cccc([C@@H](C)C(=O)O)c1. The number of anilines is 2. The van der Waals surface area contributed by atoms with Gasteiger partial charge in [0.25, 0.3) is 0 Å². The Kier molecular flexibility index (Phi) is 5.96. The number of aromatic nitrogens is 1. The predicted molar refractivity (Wildman–Crippen MR) is 109 cm³/mol. The summed E-state index contributed by atoms with van der Waals surface area (Å²) in [5.74, 6) is -0.105. The van der Waals surface area contributed by atoms with Gasteiger partial charge >= 0.3 is 5.97 Å². The molecule has 2 aromatic rings. The summed E-state index contributed by atoms with van der Waals surface area (Å²) in [6.07, 6.45) is 1.79. The highest BCUT2D eigenvalue weighted by molar-refractivity contribution is 5.75. The van der Waals surface area contributed by atoms with Gasteiger partial charge in [-0.15, -0.1) is 0 Å². The fourth-order valence-corrected chi connectivity index (χ4v) is 3.31. The van der Waals surface area contributed by atoms with Crippen molar-refractivity contribution < 1.29 is 9.90 Å². The van der Waals surface area contributed by atoms with E-state index in [1.165, 1.54) is 0 Å². The number of nitrogens with zero attached hydrogens (tertiary/aromatic N) is 1. The topological polar surface area (TPSA) is 86.3 Å². The van der Waals surface area contributed by atoms with Crippen molar-refractivity contribution in [1.82, 2.24) is 10.3 Å². The third kappa shape index (κ3) is 4.57. The molecule has 1 aromatic carbocycles. The maximum Gasteiger partial charge on any atom is 0.310 e. The first-order chi connectivity index (χ1) is 13.0. The third-order valence-corrected chi connectivity index (χ3v) is 5.34. The van der Waals surface area contributed by atoms with E-state index in [1.807, 2.05) is 30.3 Å². The summed E-state index contributed by atoms with van der Waals surface area (Å²) in [5.41, 5.74) is 3.04. The molecule has 0 amide bonds. The van der Waals surface area contributed by atoms with Gasteiger partial charge in [-0.05, 0) is 43.0 Å². The number of nitrogens with one attached hydrogen (secondary N) is 3. The number of carboxylic acids is 1. The molecule has 0 saturated carbocycles. The lowest BCUT2D eigenvalue weighted by Crippen LogP contribution is -2.48. The summed E-state index contributed by atoms with van der Waals surface area (Å²) < 4.78 is 0. The zero-order valence-electron chi connectivity index (χ0n) is 16.1. The summed E-state index contributed by atoms with van der Waals surface area (Å²) in [6, 6.07) is 12.4. The minimum absolute atomic E-state index is 0.248. The molecule has 2 heterocycles. The number of fused-ring (bicyclic) bond motifs is 1. The van der Waals surface area contributed by atoms with Crippen molar-refractivity contribution in [1.29, 1.82) is 0 Å². The summed E-state index contributed by atoms with van der Waals surface area (Å²) in [7, 11) is 0. The maximum atomic E-state index is 11.2. The molecule has 0 bridgehead atoms. The van der Waals surface area contributed by atoms with Gasteiger partial charge in [-0.2, -0.15) is 0 Å². The molecule has 4 N–H and O–H groups in total. The Morgan fingerprint density at radius 2 is 2.04 bits per heavy atom. The van der Waals surface area contributed by atoms with E-state index in [1.54, 1.807) is 13.1 Å². The van der Waals surface area contributed by atoms with Crippen LogP contribution in [0.4, 0.5) is 11.5 Å². The van der Waals surface area contributed by atoms with Gasteiger partial charge in [-0.25, -0.2) is 4.98 Å². The largest absolute Gasteiger partial charge is 0.481 e. The molecular weight excluding hydrogens is 340 g/mol. The summed E-state index contributed by atoms with van der Waals surface area (Å²) in [4.78, 5) is 15.6. The highest BCUT2D eigenvalue weighted by atomic mass is 16.4. The first-order valence-electron chi connectivity index (χ1n) is 9.47. The normalized spacial score (nSPS) is 19.1. The highest BCUT2D eigenvalue weighted by Gasteiger charge is 2.23. The van der Waals surface area contributed by atoms with Crippen LogP contribution in [-0.2, 0) is 4.79 Å². The second-order valence-corrected chi connectivity index (χ2v) is 7.36. The van der Waals surface area contributed by atoms with E-state index < -0.39 is 11.9 Å². The van der Waals surface area contributed by atoms with Crippen LogP contribution in [0.2, 0.25) is 0 Å². The van der Waals surface area contributed by atoms with Crippen LogP contribution in [0.15, 0.2) is 42.6 Å². The molecule has 3 rings (SSSR count). The van der Waals surface area contributed by atoms with Crippen LogP contribution in [-0.4, -0.2) is 41.2 Å². The number of pyridine rings is 1. The quantitative estimate of drug-likeness (QED) is 0.600. The van der Waals surface area contributed by atoms with Crippen LogP contribution in [0, 0.1) is 0 Å². The Morgan fingerprint density at radius 3 is 2.81 bits per heavy atom. The average molecular weight is 368 g/mol. The molecule has 0 radical (unpaired) electrons. The van der Waals surface area contributed by atoms with Gasteiger partial charge in [-0.3, -0.25) is 4.79 Å². The molecule has 6 heteroatoms. The Hall–Kier alpha value is -2.60. The van der Waals surface area contributed by atoms with E-state index in [-0.39, 0.29) is 18.0 Å². The molecule has 6 nitrogen and oxygen atoms in total. The van der Waals surface area contributed by atoms with E-state index in [4.69, 9.17) is 0 Å². The number of carbonyl (C=O) groups is 1. The van der Waals surface area contributed by atoms with Crippen molar-refractivity contribution in [3.05, 3.63) is 53.7 Å².